The molecule has 1 atom stereocenters. The van der Waals surface area contributed by atoms with Gasteiger partial charge in [-0.05, 0) is 43.5 Å². The molecule has 0 spiro atoms. The molecule has 1 unspecified atom stereocenters. The number of nitrogens with one attached hydrogen (secondary N) is 1. The number of nitrogens with zero attached hydrogens (tertiary/aromatic N) is 2. The van der Waals surface area contributed by atoms with Crippen molar-refractivity contribution in [2.24, 2.45) is 11.7 Å². The minimum absolute atomic E-state index is 0.0182. The monoisotopic (exact) mass is 430 g/mol. The smallest absolute Gasteiger partial charge is 0.257 e. The van der Waals surface area contributed by atoms with Crippen LogP contribution in [-0.4, -0.2) is 44.1 Å². The number of anilines is 2. The van der Waals surface area contributed by atoms with E-state index in [4.69, 9.17) is 5.73 Å². The number of pyridine rings is 1. The Labute approximate surface area is 176 Å². The zero-order valence-corrected chi connectivity index (χ0v) is 17.7. The summed E-state index contributed by atoms with van der Waals surface area (Å²) in [6.45, 7) is 3.09. The number of hydrogen-bond donors (Lipinski definition) is 2. The van der Waals surface area contributed by atoms with Crippen LogP contribution in [0.4, 0.5) is 11.5 Å². The van der Waals surface area contributed by atoms with E-state index in [-0.39, 0.29) is 28.0 Å². The third kappa shape index (κ3) is 4.96. The zero-order valence-electron chi connectivity index (χ0n) is 16.9. The number of carbonyl (C=O) groups excluding carboxylic acids is 2. The normalized spacial score (nSPS) is 16.8. The average Bonchev–Trinajstić information content (AvgIpc) is 2.74. The second-order valence-electron chi connectivity index (χ2n) is 7.36. The van der Waals surface area contributed by atoms with Crippen molar-refractivity contribution in [2.75, 3.05) is 29.1 Å². The predicted molar refractivity (Wildman–Crippen MR) is 115 cm³/mol. The second-order valence-corrected chi connectivity index (χ2v) is 9.44. The largest absolute Gasteiger partial charge is 0.369 e. The Morgan fingerprint density at radius 2 is 2.00 bits per heavy atom. The summed E-state index contributed by atoms with van der Waals surface area (Å²) in [5, 5.41) is 2.71. The van der Waals surface area contributed by atoms with Gasteiger partial charge in [0.1, 0.15) is 5.82 Å². The van der Waals surface area contributed by atoms with Crippen LogP contribution in [0, 0.1) is 5.92 Å². The van der Waals surface area contributed by atoms with E-state index in [1.807, 2.05) is 4.90 Å². The van der Waals surface area contributed by atoms with Gasteiger partial charge in [0.2, 0.25) is 5.91 Å². The first-order valence-corrected chi connectivity index (χ1v) is 11.6. The maximum atomic E-state index is 12.7. The van der Waals surface area contributed by atoms with Crippen molar-refractivity contribution < 1.29 is 18.0 Å². The van der Waals surface area contributed by atoms with Crippen molar-refractivity contribution in [3.63, 3.8) is 0 Å². The minimum Gasteiger partial charge on any atom is -0.369 e. The third-order valence-corrected chi connectivity index (χ3v) is 7.06. The Hall–Kier alpha value is -2.94. The number of piperidine rings is 1. The number of hydrogen-bond acceptors (Lipinski definition) is 6. The molecule has 1 saturated heterocycles. The average molecular weight is 431 g/mol. The van der Waals surface area contributed by atoms with Crippen molar-refractivity contribution in [3.05, 3.63) is 48.2 Å². The number of rotatable bonds is 7. The molecule has 1 aliphatic rings. The lowest BCUT2D eigenvalue weighted by atomic mass is 9.97. The molecule has 160 valence electrons. The molecule has 30 heavy (non-hydrogen) atoms. The van der Waals surface area contributed by atoms with Gasteiger partial charge in [0, 0.05) is 13.1 Å². The van der Waals surface area contributed by atoms with Gasteiger partial charge in [0.15, 0.2) is 9.84 Å². The Morgan fingerprint density at radius 3 is 2.67 bits per heavy atom. The molecule has 8 nitrogen and oxygen atoms in total. The predicted octanol–water partition coefficient (Wildman–Crippen LogP) is 2.22. The summed E-state index contributed by atoms with van der Waals surface area (Å²) in [5.41, 5.74) is 5.99. The van der Waals surface area contributed by atoms with E-state index in [0.717, 1.165) is 19.4 Å². The van der Waals surface area contributed by atoms with Gasteiger partial charge in [-0.1, -0.05) is 19.1 Å². The van der Waals surface area contributed by atoms with Gasteiger partial charge in [-0.3, -0.25) is 9.59 Å². The lowest BCUT2D eigenvalue weighted by Gasteiger charge is -2.32. The first-order valence-electron chi connectivity index (χ1n) is 9.95. The molecule has 1 fully saturated rings. The first kappa shape index (κ1) is 21.8. The Balaban J connectivity index is 1.74. The molecular weight excluding hydrogens is 404 g/mol. The fraction of sp³-hybridized carbons (Fsp3) is 0.381. The molecule has 2 heterocycles. The lowest BCUT2D eigenvalue weighted by Crippen LogP contribution is -2.41. The Morgan fingerprint density at radius 1 is 1.23 bits per heavy atom. The highest BCUT2D eigenvalue weighted by Gasteiger charge is 2.25. The molecule has 2 amide bonds. The standard InChI is InChI=1S/C21H26N4O4S/c1-2-12-30(28,29)18-8-4-3-7-17(18)21(27)24-16-9-10-19(23-13-16)25-11-5-6-15(14-25)20(22)26/h3-4,7-10,13,15H,2,5-6,11-12,14H2,1H3,(H2,22,26)(H,24,27). The quantitative estimate of drug-likeness (QED) is 0.694. The first-order chi connectivity index (χ1) is 14.3. The Kier molecular flexibility index (Phi) is 6.71. The van der Waals surface area contributed by atoms with Gasteiger partial charge >= 0.3 is 0 Å². The Bertz CT molecular complexity index is 1020. The second kappa shape index (κ2) is 9.25. The molecule has 0 saturated carbocycles. The van der Waals surface area contributed by atoms with E-state index in [0.29, 0.717) is 24.5 Å². The van der Waals surface area contributed by atoms with E-state index < -0.39 is 15.7 Å². The van der Waals surface area contributed by atoms with Gasteiger partial charge in [-0.15, -0.1) is 0 Å². The number of carbonyl (C=O) groups is 2. The van der Waals surface area contributed by atoms with Crippen molar-refractivity contribution in [3.8, 4) is 0 Å². The van der Waals surface area contributed by atoms with E-state index in [2.05, 4.69) is 10.3 Å². The molecule has 0 radical (unpaired) electrons. The molecule has 1 aromatic heterocycles. The number of amides is 2. The summed E-state index contributed by atoms with van der Waals surface area (Å²) in [5.74, 6) is -0.325. The number of aromatic nitrogens is 1. The van der Waals surface area contributed by atoms with Crippen molar-refractivity contribution in [1.29, 1.82) is 0 Å². The van der Waals surface area contributed by atoms with Crippen LogP contribution < -0.4 is 16.0 Å². The highest BCUT2D eigenvalue weighted by atomic mass is 32.2. The van der Waals surface area contributed by atoms with Gasteiger partial charge in [-0.2, -0.15) is 0 Å². The fourth-order valence-electron chi connectivity index (χ4n) is 3.57. The van der Waals surface area contributed by atoms with Gasteiger partial charge in [0.25, 0.3) is 5.91 Å². The zero-order chi connectivity index (χ0) is 21.7. The van der Waals surface area contributed by atoms with Crippen LogP contribution in [0.15, 0.2) is 47.5 Å². The summed E-state index contributed by atoms with van der Waals surface area (Å²) < 4.78 is 24.9. The van der Waals surface area contributed by atoms with Crippen LogP contribution in [0.25, 0.3) is 0 Å². The van der Waals surface area contributed by atoms with Crippen LogP contribution >= 0.6 is 0 Å². The highest BCUT2D eigenvalue weighted by Crippen LogP contribution is 2.23. The molecule has 9 heteroatoms. The lowest BCUT2D eigenvalue weighted by molar-refractivity contribution is -0.122. The summed E-state index contributed by atoms with van der Waals surface area (Å²) in [6.07, 6.45) is 3.62. The van der Waals surface area contributed by atoms with Crippen LogP contribution in [0.1, 0.15) is 36.5 Å². The summed E-state index contributed by atoms with van der Waals surface area (Å²) >= 11 is 0. The molecule has 3 rings (SSSR count). The number of nitrogens with two attached hydrogens (primary N) is 1. The van der Waals surface area contributed by atoms with Crippen molar-refractivity contribution in [1.82, 2.24) is 4.98 Å². The van der Waals surface area contributed by atoms with Gasteiger partial charge in [-0.25, -0.2) is 13.4 Å². The molecule has 3 N–H and O–H groups in total. The van der Waals surface area contributed by atoms with Crippen molar-refractivity contribution >= 4 is 33.2 Å². The SMILES string of the molecule is CCCS(=O)(=O)c1ccccc1C(=O)Nc1ccc(N2CCCC(C(N)=O)C2)nc1. The van der Waals surface area contributed by atoms with E-state index >= 15 is 0 Å². The molecule has 2 aromatic rings. The minimum atomic E-state index is -3.53. The number of benzene rings is 1. The maximum absolute atomic E-state index is 12.7. The summed E-state index contributed by atoms with van der Waals surface area (Å²) in [7, 11) is -3.53. The molecule has 1 aliphatic heterocycles. The van der Waals surface area contributed by atoms with E-state index in [9.17, 15) is 18.0 Å². The molecule has 1 aromatic carbocycles. The number of sulfone groups is 1. The highest BCUT2D eigenvalue weighted by molar-refractivity contribution is 7.91. The van der Waals surface area contributed by atoms with Gasteiger partial charge < -0.3 is 16.0 Å². The fourth-order valence-corrected chi connectivity index (χ4v) is 5.11. The van der Waals surface area contributed by atoms with Crippen LogP contribution in [0.2, 0.25) is 0 Å². The summed E-state index contributed by atoms with van der Waals surface area (Å²) in [6, 6.07) is 9.65. The van der Waals surface area contributed by atoms with Crippen LogP contribution in [0.5, 0.6) is 0 Å². The molecule has 0 aliphatic carbocycles. The molecular formula is C21H26N4O4S. The molecule has 0 bridgehead atoms. The topological polar surface area (TPSA) is 122 Å². The van der Waals surface area contributed by atoms with Gasteiger partial charge in [0.05, 0.1) is 34.0 Å². The van der Waals surface area contributed by atoms with E-state index in [1.165, 1.54) is 18.3 Å². The summed E-state index contributed by atoms with van der Waals surface area (Å²) in [4.78, 5) is 30.6. The number of primary amides is 1. The van der Waals surface area contributed by atoms with Crippen LogP contribution in [0.3, 0.4) is 0 Å². The van der Waals surface area contributed by atoms with Crippen LogP contribution in [-0.2, 0) is 14.6 Å². The van der Waals surface area contributed by atoms with E-state index in [1.54, 1.807) is 31.2 Å². The third-order valence-electron chi connectivity index (χ3n) is 5.09. The maximum Gasteiger partial charge on any atom is 0.257 e. The van der Waals surface area contributed by atoms with Crippen molar-refractivity contribution in [2.45, 2.75) is 31.1 Å².